The average molecular weight is 349 g/mol. The third kappa shape index (κ3) is 3.48. The maximum Gasteiger partial charge on any atom is 0.251 e. The van der Waals surface area contributed by atoms with Crippen molar-refractivity contribution in [3.05, 3.63) is 63.3 Å². The van der Waals surface area contributed by atoms with Crippen LogP contribution in [-0.4, -0.2) is 33.1 Å². The molecule has 1 unspecified atom stereocenters. The molecule has 1 saturated heterocycles. The number of aryl methyl sites for hydroxylation is 1. The van der Waals surface area contributed by atoms with Gasteiger partial charge in [-0.2, -0.15) is 0 Å². The Balaban J connectivity index is 1.78. The molecular weight excluding hydrogens is 328 g/mol. The van der Waals surface area contributed by atoms with Crippen LogP contribution in [0.2, 0.25) is 0 Å². The van der Waals surface area contributed by atoms with Crippen LogP contribution in [0.3, 0.4) is 0 Å². The number of aromatic nitrogens is 2. The highest BCUT2D eigenvalue weighted by Gasteiger charge is 2.39. The summed E-state index contributed by atoms with van der Waals surface area (Å²) in [4.78, 5) is 20.7. The average Bonchev–Trinajstić information content (AvgIpc) is 2.53. The maximum absolute atomic E-state index is 14.0. The van der Waals surface area contributed by atoms with Gasteiger partial charge in [0.05, 0.1) is 17.2 Å². The number of benzene rings is 1. The van der Waals surface area contributed by atoms with Crippen molar-refractivity contribution in [1.82, 2.24) is 14.9 Å². The first kappa shape index (κ1) is 17.7. The number of piperidine rings is 1. The minimum absolute atomic E-state index is 0.164. The Hall–Kier alpha value is -2.12. The summed E-state index contributed by atoms with van der Waals surface area (Å²) in [5, 5.41) is 10.8. The summed E-state index contributed by atoms with van der Waals surface area (Å²) in [6.45, 7) is 4.53. The monoisotopic (exact) mass is 349 g/mol. The summed E-state index contributed by atoms with van der Waals surface area (Å²) in [6.07, 6.45) is 0.399. The summed E-state index contributed by atoms with van der Waals surface area (Å²) >= 11 is 0. The van der Waals surface area contributed by atoms with Crippen LogP contribution in [0.25, 0.3) is 0 Å². The molecule has 2 N–H and O–H groups in total. The molecule has 1 aromatic carbocycles. The number of likely N-dealkylation sites (tertiary alicyclic amines) is 1. The minimum atomic E-state index is -1.53. The fourth-order valence-corrected chi connectivity index (χ4v) is 3.45. The highest BCUT2D eigenvalue weighted by atomic mass is 19.1. The van der Waals surface area contributed by atoms with Crippen LogP contribution >= 0.6 is 0 Å². The van der Waals surface area contributed by atoms with Gasteiger partial charge in [0.1, 0.15) is 17.5 Å². The van der Waals surface area contributed by atoms with Crippen LogP contribution in [0.4, 0.5) is 8.78 Å². The molecule has 1 aliphatic heterocycles. The topological polar surface area (TPSA) is 69.2 Å². The van der Waals surface area contributed by atoms with E-state index in [1.54, 1.807) is 6.92 Å². The van der Waals surface area contributed by atoms with E-state index in [0.717, 1.165) is 12.1 Å². The van der Waals surface area contributed by atoms with Gasteiger partial charge in [0, 0.05) is 24.8 Å². The van der Waals surface area contributed by atoms with E-state index in [1.807, 2.05) is 11.8 Å². The maximum atomic E-state index is 14.0. The quantitative estimate of drug-likeness (QED) is 0.893. The summed E-state index contributed by atoms with van der Waals surface area (Å²) in [7, 11) is 0. The zero-order valence-electron chi connectivity index (χ0n) is 14.2. The molecule has 0 amide bonds. The van der Waals surface area contributed by atoms with E-state index in [1.165, 1.54) is 12.1 Å². The van der Waals surface area contributed by atoms with Crippen molar-refractivity contribution in [3.8, 4) is 0 Å². The van der Waals surface area contributed by atoms with Gasteiger partial charge in [-0.25, -0.2) is 13.8 Å². The van der Waals surface area contributed by atoms with Gasteiger partial charge in [-0.15, -0.1) is 0 Å². The molecule has 0 radical (unpaired) electrons. The van der Waals surface area contributed by atoms with Crippen LogP contribution < -0.4 is 5.56 Å². The van der Waals surface area contributed by atoms with Crippen LogP contribution in [-0.2, 0) is 5.60 Å². The molecule has 0 saturated carbocycles. The zero-order chi connectivity index (χ0) is 18.2. The molecule has 25 heavy (non-hydrogen) atoms. The Morgan fingerprint density at radius 2 is 1.88 bits per heavy atom. The van der Waals surface area contributed by atoms with Crippen molar-refractivity contribution >= 4 is 0 Å². The van der Waals surface area contributed by atoms with Gasteiger partial charge in [0.15, 0.2) is 0 Å². The van der Waals surface area contributed by atoms with Crippen molar-refractivity contribution in [3.63, 3.8) is 0 Å². The Labute approximate surface area is 144 Å². The van der Waals surface area contributed by atoms with Crippen LogP contribution in [0.5, 0.6) is 0 Å². The third-order valence-electron chi connectivity index (χ3n) is 4.88. The second-order valence-electron chi connectivity index (χ2n) is 6.61. The van der Waals surface area contributed by atoms with E-state index < -0.39 is 17.2 Å². The predicted molar refractivity (Wildman–Crippen MR) is 89.1 cm³/mol. The number of hydrogen-bond donors (Lipinski definition) is 2. The molecule has 3 rings (SSSR count). The van der Waals surface area contributed by atoms with Gasteiger partial charge in [-0.05, 0) is 38.8 Å². The first-order chi connectivity index (χ1) is 11.8. The third-order valence-corrected chi connectivity index (χ3v) is 4.88. The number of aromatic amines is 1. The lowest BCUT2D eigenvalue weighted by Gasteiger charge is -2.40. The highest BCUT2D eigenvalue weighted by Crippen LogP contribution is 2.37. The van der Waals surface area contributed by atoms with Gasteiger partial charge in [0.25, 0.3) is 5.56 Å². The number of hydrogen-bond acceptors (Lipinski definition) is 4. The number of aliphatic hydroxyl groups is 1. The first-order valence-electron chi connectivity index (χ1n) is 8.29. The summed E-state index contributed by atoms with van der Waals surface area (Å²) in [5.41, 5.74) is -1.37. The van der Waals surface area contributed by atoms with E-state index in [2.05, 4.69) is 9.97 Å². The molecule has 1 atom stereocenters. The van der Waals surface area contributed by atoms with E-state index >= 15 is 0 Å². The summed E-state index contributed by atoms with van der Waals surface area (Å²) in [5.74, 6) is -0.908. The van der Waals surface area contributed by atoms with Crippen LogP contribution in [0.15, 0.2) is 29.1 Å². The largest absolute Gasteiger partial charge is 0.385 e. The Kier molecular flexibility index (Phi) is 4.71. The SMILES string of the molecule is Cc1cc(=O)[nH]c(C(C)N2CCC(O)(c3c(F)cccc3F)CC2)n1. The van der Waals surface area contributed by atoms with Crippen molar-refractivity contribution < 1.29 is 13.9 Å². The highest BCUT2D eigenvalue weighted by molar-refractivity contribution is 5.27. The van der Waals surface area contributed by atoms with Crippen molar-refractivity contribution in [2.45, 2.75) is 38.3 Å². The molecule has 0 bridgehead atoms. The number of H-pyrrole nitrogens is 1. The Morgan fingerprint density at radius 3 is 2.44 bits per heavy atom. The number of rotatable bonds is 3. The molecule has 2 heterocycles. The molecule has 2 aromatic rings. The molecule has 1 aliphatic rings. The molecule has 5 nitrogen and oxygen atoms in total. The second-order valence-corrected chi connectivity index (χ2v) is 6.61. The van der Waals surface area contributed by atoms with Gasteiger partial charge in [-0.1, -0.05) is 6.07 Å². The fraction of sp³-hybridized carbons (Fsp3) is 0.444. The number of nitrogens with zero attached hydrogens (tertiary/aromatic N) is 2. The molecule has 1 fully saturated rings. The Morgan fingerprint density at radius 1 is 1.28 bits per heavy atom. The molecule has 1 aromatic heterocycles. The van der Waals surface area contributed by atoms with Crippen molar-refractivity contribution in [1.29, 1.82) is 0 Å². The van der Waals surface area contributed by atoms with Gasteiger partial charge < -0.3 is 10.1 Å². The van der Waals surface area contributed by atoms with Crippen molar-refractivity contribution in [2.75, 3.05) is 13.1 Å². The minimum Gasteiger partial charge on any atom is -0.385 e. The molecule has 0 aliphatic carbocycles. The zero-order valence-corrected chi connectivity index (χ0v) is 14.2. The van der Waals surface area contributed by atoms with Crippen molar-refractivity contribution in [2.24, 2.45) is 0 Å². The second kappa shape index (κ2) is 6.65. The van der Waals surface area contributed by atoms with Gasteiger partial charge in [-0.3, -0.25) is 9.69 Å². The summed E-state index contributed by atoms with van der Waals surface area (Å²) < 4.78 is 28.1. The summed E-state index contributed by atoms with van der Waals surface area (Å²) in [6, 6.07) is 4.86. The van der Waals surface area contributed by atoms with E-state index in [-0.39, 0.29) is 30.0 Å². The molecule has 134 valence electrons. The predicted octanol–water partition coefficient (Wildman–Crippen LogP) is 2.40. The number of halogens is 2. The van der Waals surface area contributed by atoms with Gasteiger partial charge in [0.2, 0.25) is 0 Å². The normalized spacial score (nSPS) is 18.9. The van der Waals surface area contributed by atoms with E-state index in [4.69, 9.17) is 0 Å². The number of nitrogens with one attached hydrogen (secondary N) is 1. The lowest BCUT2D eigenvalue weighted by molar-refractivity contribution is -0.0400. The lowest BCUT2D eigenvalue weighted by atomic mass is 9.83. The Bertz CT molecular complexity index is 809. The smallest absolute Gasteiger partial charge is 0.251 e. The van der Waals surface area contributed by atoms with E-state index in [0.29, 0.717) is 24.6 Å². The molecule has 7 heteroatoms. The van der Waals surface area contributed by atoms with Crippen LogP contribution in [0, 0.1) is 18.6 Å². The lowest BCUT2D eigenvalue weighted by Crippen LogP contribution is -2.44. The molecule has 0 spiro atoms. The standard InChI is InChI=1S/C18H21F2N3O2/c1-11-10-15(24)22-17(21-11)12(2)23-8-6-18(25,7-9-23)16-13(19)4-3-5-14(16)20/h3-5,10,12,25H,6-9H2,1-2H3,(H,21,22,24). The van der Waals surface area contributed by atoms with E-state index in [9.17, 15) is 18.7 Å². The van der Waals surface area contributed by atoms with Crippen LogP contribution in [0.1, 0.15) is 42.9 Å². The van der Waals surface area contributed by atoms with Gasteiger partial charge >= 0.3 is 0 Å². The first-order valence-corrected chi connectivity index (χ1v) is 8.29. The fourth-order valence-electron chi connectivity index (χ4n) is 3.45. The molecular formula is C18H21F2N3O2.